The Morgan fingerprint density at radius 1 is 1.29 bits per heavy atom. The molecule has 1 aromatic carbocycles. The topological polar surface area (TPSA) is 75.7 Å². The number of nitrogens with one attached hydrogen (secondary N) is 1. The van der Waals surface area contributed by atoms with Gasteiger partial charge in [0.25, 0.3) is 11.8 Å². The summed E-state index contributed by atoms with van der Waals surface area (Å²) in [4.78, 5) is 37.4. The Morgan fingerprint density at radius 2 is 2.00 bits per heavy atom. The molecule has 0 heterocycles. The van der Waals surface area contributed by atoms with E-state index >= 15 is 0 Å². The Bertz CT molecular complexity index is 590. The van der Waals surface area contributed by atoms with Crippen LogP contribution in [-0.4, -0.2) is 61.4 Å². The summed E-state index contributed by atoms with van der Waals surface area (Å²) in [5.41, 5.74) is 1.45. The number of esters is 1. The van der Waals surface area contributed by atoms with Crippen molar-refractivity contribution in [2.75, 3.05) is 32.7 Å². The van der Waals surface area contributed by atoms with Crippen molar-refractivity contribution in [2.24, 2.45) is 0 Å². The van der Waals surface area contributed by atoms with Gasteiger partial charge in [-0.25, -0.2) is 4.79 Å². The van der Waals surface area contributed by atoms with E-state index in [-0.39, 0.29) is 18.4 Å². The summed E-state index contributed by atoms with van der Waals surface area (Å²) >= 11 is 1.57. The summed E-state index contributed by atoms with van der Waals surface area (Å²) in [7, 11) is 3.17. The van der Waals surface area contributed by atoms with Crippen molar-refractivity contribution in [1.29, 1.82) is 0 Å². The zero-order valence-corrected chi connectivity index (χ0v) is 15.3. The first-order valence-electron chi connectivity index (χ1n) is 7.58. The molecule has 0 unspecified atom stereocenters. The van der Waals surface area contributed by atoms with Gasteiger partial charge in [0.15, 0.2) is 6.61 Å². The van der Waals surface area contributed by atoms with Gasteiger partial charge in [0.05, 0.1) is 0 Å². The van der Waals surface area contributed by atoms with Crippen LogP contribution in [-0.2, 0) is 14.3 Å². The van der Waals surface area contributed by atoms with Crippen LogP contribution in [0.2, 0.25) is 0 Å². The molecule has 0 saturated carbocycles. The second kappa shape index (κ2) is 9.97. The van der Waals surface area contributed by atoms with E-state index in [1.165, 1.54) is 4.90 Å². The third kappa shape index (κ3) is 6.62. The predicted octanol–water partition coefficient (Wildman–Crippen LogP) is 1.48. The lowest BCUT2D eigenvalue weighted by Crippen LogP contribution is -2.43. The van der Waals surface area contributed by atoms with Crippen LogP contribution >= 0.6 is 11.8 Å². The molecule has 7 heteroatoms. The van der Waals surface area contributed by atoms with E-state index in [1.807, 2.05) is 19.2 Å². The molecule has 1 atom stereocenters. The molecule has 0 aliphatic carbocycles. The number of rotatable bonds is 8. The summed E-state index contributed by atoms with van der Waals surface area (Å²) in [5, 5.41) is 2.70. The average molecular weight is 352 g/mol. The van der Waals surface area contributed by atoms with Crippen LogP contribution in [0.5, 0.6) is 0 Å². The Hall–Kier alpha value is -2.02. The minimum Gasteiger partial charge on any atom is -0.454 e. The SMILES string of the molecule is CSCC[C@H](NC(=O)c1cccc(C)c1)C(=O)OCC(=O)N(C)C. The molecule has 0 aromatic heterocycles. The summed E-state index contributed by atoms with van der Waals surface area (Å²) in [5.74, 6) is -0.548. The first-order chi connectivity index (χ1) is 11.3. The number of carbonyl (C=O) groups excluding carboxylic acids is 3. The van der Waals surface area contributed by atoms with Gasteiger partial charge < -0.3 is 15.0 Å². The van der Waals surface area contributed by atoms with Gasteiger partial charge in [0.2, 0.25) is 0 Å². The van der Waals surface area contributed by atoms with Gasteiger partial charge in [-0.05, 0) is 37.5 Å². The standard InChI is InChI=1S/C17H24N2O4S/c1-12-6-5-7-13(10-12)16(21)18-14(8-9-24-4)17(22)23-11-15(20)19(2)3/h5-7,10,14H,8-9,11H2,1-4H3,(H,18,21)/t14-/m0/s1. The lowest BCUT2D eigenvalue weighted by atomic mass is 10.1. The van der Waals surface area contributed by atoms with Crippen LogP contribution in [0.25, 0.3) is 0 Å². The fourth-order valence-electron chi connectivity index (χ4n) is 1.88. The molecule has 0 aliphatic heterocycles. The van der Waals surface area contributed by atoms with E-state index in [1.54, 1.807) is 44.1 Å². The molecule has 0 bridgehead atoms. The normalized spacial score (nSPS) is 11.5. The van der Waals surface area contributed by atoms with E-state index in [9.17, 15) is 14.4 Å². The highest BCUT2D eigenvalue weighted by Crippen LogP contribution is 2.07. The predicted molar refractivity (Wildman–Crippen MR) is 95.1 cm³/mol. The van der Waals surface area contributed by atoms with Crippen molar-refractivity contribution >= 4 is 29.5 Å². The van der Waals surface area contributed by atoms with Crippen LogP contribution in [0.3, 0.4) is 0 Å². The van der Waals surface area contributed by atoms with E-state index in [4.69, 9.17) is 4.74 Å². The highest BCUT2D eigenvalue weighted by atomic mass is 32.2. The molecule has 132 valence electrons. The maximum atomic E-state index is 12.3. The number of benzene rings is 1. The number of aryl methyl sites for hydroxylation is 1. The number of amides is 2. The number of ether oxygens (including phenoxy) is 1. The molecule has 0 saturated heterocycles. The van der Waals surface area contributed by atoms with Gasteiger partial charge in [-0.3, -0.25) is 9.59 Å². The van der Waals surface area contributed by atoms with Crippen molar-refractivity contribution in [1.82, 2.24) is 10.2 Å². The van der Waals surface area contributed by atoms with Gasteiger partial charge >= 0.3 is 5.97 Å². The summed E-state index contributed by atoms with van der Waals surface area (Å²) in [6.07, 6.45) is 2.36. The van der Waals surface area contributed by atoms with Crippen molar-refractivity contribution in [3.05, 3.63) is 35.4 Å². The molecule has 2 amide bonds. The first kappa shape index (κ1) is 20.0. The second-order valence-corrected chi connectivity index (χ2v) is 6.56. The van der Waals surface area contributed by atoms with Crippen LogP contribution in [0, 0.1) is 6.92 Å². The molecule has 1 rings (SSSR count). The van der Waals surface area contributed by atoms with E-state index in [2.05, 4.69) is 5.32 Å². The first-order valence-corrected chi connectivity index (χ1v) is 8.97. The fourth-order valence-corrected chi connectivity index (χ4v) is 2.35. The molecule has 6 nitrogen and oxygen atoms in total. The highest BCUT2D eigenvalue weighted by Gasteiger charge is 2.23. The van der Waals surface area contributed by atoms with E-state index in [0.717, 1.165) is 5.56 Å². The number of likely N-dealkylation sites (N-methyl/N-ethyl adjacent to an activating group) is 1. The van der Waals surface area contributed by atoms with Crippen LogP contribution in [0.1, 0.15) is 22.3 Å². The maximum Gasteiger partial charge on any atom is 0.329 e. The minimum atomic E-state index is -0.777. The summed E-state index contributed by atoms with van der Waals surface area (Å²) < 4.78 is 5.03. The summed E-state index contributed by atoms with van der Waals surface area (Å²) in [6, 6.07) is 6.34. The quantitative estimate of drug-likeness (QED) is 0.717. The molecule has 0 spiro atoms. The molecule has 0 radical (unpaired) electrons. The van der Waals surface area contributed by atoms with Crippen molar-refractivity contribution in [3.8, 4) is 0 Å². The number of carbonyl (C=O) groups is 3. The number of hydrogen-bond acceptors (Lipinski definition) is 5. The van der Waals surface area contributed by atoms with Gasteiger partial charge in [0, 0.05) is 19.7 Å². The van der Waals surface area contributed by atoms with Gasteiger partial charge in [-0.2, -0.15) is 11.8 Å². The second-order valence-electron chi connectivity index (χ2n) is 5.57. The van der Waals surface area contributed by atoms with Gasteiger partial charge in [0.1, 0.15) is 6.04 Å². The van der Waals surface area contributed by atoms with Crippen LogP contribution in [0.15, 0.2) is 24.3 Å². The third-order valence-corrected chi connectivity index (χ3v) is 3.96. The zero-order chi connectivity index (χ0) is 18.1. The van der Waals surface area contributed by atoms with Gasteiger partial charge in [-0.1, -0.05) is 17.7 Å². The van der Waals surface area contributed by atoms with Gasteiger partial charge in [-0.15, -0.1) is 0 Å². The molecule has 24 heavy (non-hydrogen) atoms. The van der Waals surface area contributed by atoms with Crippen LogP contribution in [0.4, 0.5) is 0 Å². The maximum absolute atomic E-state index is 12.3. The Morgan fingerprint density at radius 3 is 2.58 bits per heavy atom. The number of nitrogens with zero attached hydrogens (tertiary/aromatic N) is 1. The van der Waals surface area contributed by atoms with Crippen molar-refractivity contribution in [2.45, 2.75) is 19.4 Å². The molecule has 0 aliphatic rings. The smallest absolute Gasteiger partial charge is 0.329 e. The van der Waals surface area contributed by atoms with E-state index < -0.39 is 12.0 Å². The molecular weight excluding hydrogens is 328 g/mol. The Labute approximate surface area is 146 Å². The van der Waals surface area contributed by atoms with E-state index in [0.29, 0.717) is 17.7 Å². The van der Waals surface area contributed by atoms with Crippen molar-refractivity contribution < 1.29 is 19.1 Å². The molecular formula is C17H24N2O4S. The fraction of sp³-hybridized carbons (Fsp3) is 0.471. The molecule has 1 aromatic rings. The zero-order valence-electron chi connectivity index (χ0n) is 14.5. The minimum absolute atomic E-state index is 0.308. The molecule has 0 fully saturated rings. The molecule has 1 N–H and O–H groups in total. The Kier molecular flexibility index (Phi) is 8.32. The third-order valence-electron chi connectivity index (χ3n) is 3.32. The van der Waals surface area contributed by atoms with Crippen molar-refractivity contribution in [3.63, 3.8) is 0 Å². The highest BCUT2D eigenvalue weighted by molar-refractivity contribution is 7.98. The number of hydrogen-bond donors (Lipinski definition) is 1. The lowest BCUT2D eigenvalue weighted by molar-refractivity contribution is -0.152. The lowest BCUT2D eigenvalue weighted by Gasteiger charge is -2.18. The Balaban J connectivity index is 2.71. The number of thioether (sulfide) groups is 1. The average Bonchev–Trinajstić information content (AvgIpc) is 2.55. The van der Waals surface area contributed by atoms with Crippen LogP contribution < -0.4 is 5.32 Å². The largest absolute Gasteiger partial charge is 0.454 e. The summed E-state index contributed by atoms with van der Waals surface area (Å²) in [6.45, 7) is 1.56. The monoisotopic (exact) mass is 352 g/mol.